The van der Waals surface area contributed by atoms with E-state index in [4.69, 9.17) is 4.74 Å². The van der Waals surface area contributed by atoms with Gasteiger partial charge in [0, 0.05) is 5.56 Å². The molecule has 0 heterocycles. The highest BCUT2D eigenvalue weighted by Crippen LogP contribution is 2.32. The summed E-state index contributed by atoms with van der Waals surface area (Å²) < 4.78 is 5.64. The molecule has 3 rings (SSSR count). The minimum absolute atomic E-state index is 0.0779. The molecule has 0 bridgehead atoms. The van der Waals surface area contributed by atoms with Gasteiger partial charge >= 0.3 is 5.97 Å². The number of carbonyl (C=O) groups is 1. The quantitative estimate of drug-likeness (QED) is 0.606. The number of para-hydroxylation sites is 1. The lowest BCUT2D eigenvalue weighted by atomic mass is 10.0. The normalized spacial score (nSPS) is 15.2. The molecule has 0 aromatic heterocycles. The lowest BCUT2D eigenvalue weighted by Gasteiger charge is -2.13. The van der Waals surface area contributed by atoms with Gasteiger partial charge in [0.15, 0.2) is 0 Å². The van der Waals surface area contributed by atoms with E-state index in [1.54, 1.807) is 0 Å². The average molecular weight is 266 g/mol. The first kappa shape index (κ1) is 12.9. The minimum atomic E-state index is -0.0779. The van der Waals surface area contributed by atoms with Crippen LogP contribution in [0.5, 0.6) is 5.75 Å². The van der Waals surface area contributed by atoms with Crippen LogP contribution in [-0.4, -0.2) is 5.97 Å². The van der Waals surface area contributed by atoms with Crippen molar-refractivity contribution in [3.8, 4) is 16.9 Å². The molecule has 1 fully saturated rings. The zero-order valence-electron chi connectivity index (χ0n) is 11.4. The molecule has 0 N–H and O–H groups in total. The molecule has 0 amide bonds. The van der Waals surface area contributed by atoms with E-state index in [9.17, 15) is 4.79 Å². The molecule has 2 nitrogen and oxygen atoms in total. The molecule has 0 unspecified atom stereocenters. The van der Waals surface area contributed by atoms with Gasteiger partial charge in [-0.3, -0.25) is 4.79 Å². The second-order valence-electron chi connectivity index (χ2n) is 5.26. The lowest BCUT2D eigenvalue weighted by molar-refractivity contribution is -0.138. The molecular formula is C18H18O2. The van der Waals surface area contributed by atoms with Crippen molar-refractivity contribution in [3.05, 3.63) is 54.6 Å². The van der Waals surface area contributed by atoms with Crippen molar-refractivity contribution < 1.29 is 9.53 Å². The van der Waals surface area contributed by atoms with Crippen LogP contribution in [0.25, 0.3) is 11.1 Å². The maximum Gasteiger partial charge on any atom is 0.314 e. The Balaban J connectivity index is 1.85. The van der Waals surface area contributed by atoms with Gasteiger partial charge in [0.1, 0.15) is 5.75 Å². The number of benzene rings is 2. The molecule has 0 saturated heterocycles. The summed E-state index contributed by atoms with van der Waals surface area (Å²) in [6.45, 7) is 0. The van der Waals surface area contributed by atoms with Crippen molar-refractivity contribution in [1.82, 2.24) is 0 Å². The standard InChI is InChI=1S/C18H18O2/c19-18(15-10-4-5-11-15)20-17-13-7-6-12-16(17)14-8-2-1-3-9-14/h1-3,6-9,12-13,15H,4-5,10-11H2. The van der Waals surface area contributed by atoms with Crippen LogP contribution in [0.1, 0.15) is 25.7 Å². The predicted molar refractivity (Wildman–Crippen MR) is 79.5 cm³/mol. The van der Waals surface area contributed by atoms with E-state index in [-0.39, 0.29) is 11.9 Å². The van der Waals surface area contributed by atoms with Gasteiger partial charge in [0.25, 0.3) is 0 Å². The number of hydrogen-bond donors (Lipinski definition) is 0. The van der Waals surface area contributed by atoms with Gasteiger partial charge in [-0.05, 0) is 24.5 Å². The molecular weight excluding hydrogens is 248 g/mol. The molecule has 1 aliphatic carbocycles. The Bertz CT molecular complexity index is 583. The van der Waals surface area contributed by atoms with E-state index < -0.39 is 0 Å². The van der Waals surface area contributed by atoms with E-state index in [1.807, 2.05) is 54.6 Å². The van der Waals surface area contributed by atoms with Gasteiger partial charge in [-0.1, -0.05) is 61.4 Å². The molecule has 0 atom stereocenters. The van der Waals surface area contributed by atoms with E-state index >= 15 is 0 Å². The largest absolute Gasteiger partial charge is 0.426 e. The van der Waals surface area contributed by atoms with E-state index in [2.05, 4.69) is 0 Å². The summed E-state index contributed by atoms with van der Waals surface area (Å²) in [4.78, 5) is 12.2. The molecule has 0 aliphatic heterocycles. The Hall–Kier alpha value is -2.09. The first-order chi connectivity index (χ1) is 9.84. The predicted octanol–water partition coefficient (Wildman–Crippen LogP) is 4.45. The highest BCUT2D eigenvalue weighted by molar-refractivity contribution is 5.79. The van der Waals surface area contributed by atoms with Crippen LogP contribution in [0.3, 0.4) is 0 Å². The zero-order chi connectivity index (χ0) is 13.8. The van der Waals surface area contributed by atoms with Gasteiger partial charge in [-0.15, -0.1) is 0 Å². The monoisotopic (exact) mass is 266 g/mol. The maximum absolute atomic E-state index is 12.2. The van der Waals surface area contributed by atoms with Crippen LogP contribution in [0, 0.1) is 5.92 Å². The van der Waals surface area contributed by atoms with Crippen molar-refractivity contribution in [2.24, 2.45) is 5.92 Å². The van der Waals surface area contributed by atoms with Crippen LogP contribution in [-0.2, 0) is 4.79 Å². The summed E-state index contributed by atoms with van der Waals surface area (Å²) in [5, 5.41) is 0. The van der Waals surface area contributed by atoms with Crippen LogP contribution in [0.2, 0.25) is 0 Å². The number of rotatable bonds is 3. The SMILES string of the molecule is O=C(Oc1ccccc1-c1ccccc1)C1CCCC1. The Morgan fingerprint density at radius 1 is 0.900 bits per heavy atom. The first-order valence-electron chi connectivity index (χ1n) is 7.21. The zero-order valence-corrected chi connectivity index (χ0v) is 11.4. The van der Waals surface area contributed by atoms with Crippen molar-refractivity contribution in [2.45, 2.75) is 25.7 Å². The third kappa shape index (κ3) is 2.74. The number of hydrogen-bond acceptors (Lipinski definition) is 2. The molecule has 0 radical (unpaired) electrons. The summed E-state index contributed by atoms with van der Waals surface area (Å²) in [7, 11) is 0. The topological polar surface area (TPSA) is 26.3 Å². The minimum Gasteiger partial charge on any atom is -0.426 e. The van der Waals surface area contributed by atoms with Gasteiger partial charge < -0.3 is 4.74 Å². The maximum atomic E-state index is 12.2. The van der Waals surface area contributed by atoms with Crippen molar-refractivity contribution in [2.75, 3.05) is 0 Å². The van der Waals surface area contributed by atoms with Gasteiger partial charge in [-0.25, -0.2) is 0 Å². The molecule has 2 aromatic rings. The highest BCUT2D eigenvalue weighted by Gasteiger charge is 2.25. The second-order valence-corrected chi connectivity index (χ2v) is 5.26. The summed E-state index contributed by atoms with van der Waals surface area (Å²) in [5.41, 5.74) is 2.04. The van der Waals surface area contributed by atoms with E-state index in [0.29, 0.717) is 5.75 Å². The molecule has 2 aromatic carbocycles. The Kier molecular flexibility index (Phi) is 3.82. The van der Waals surface area contributed by atoms with Crippen LogP contribution in [0.4, 0.5) is 0 Å². The summed E-state index contributed by atoms with van der Waals surface area (Å²) in [6, 6.07) is 17.8. The molecule has 102 valence electrons. The Labute approximate surface area is 119 Å². The van der Waals surface area contributed by atoms with Crippen molar-refractivity contribution in [3.63, 3.8) is 0 Å². The van der Waals surface area contributed by atoms with Crippen molar-refractivity contribution >= 4 is 5.97 Å². The highest BCUT2D eigenvalue weighted by atomic mass is 16.5. The van der Waals surface area contributed by atoms with E-state index in [0.717, 1.165) is 36.8 Å². The van der Waals surface area contributed by atoms with Crippen LogP contribution < -0.4 is 4.74 Å². The van der Waals surface area contributed by atoms with Crippen molar-refractivity contribution in [1.29, 1.82) is 0 Å². The fourth-order valence-corrected chi connectivity index (χ4v) is 2.77. The molecule has 2 heteroatoms. The fourth-order valence-electron chi connectivity index (χ4n) is 2.77. The summed E-state index contributed by atoms with van der Waals surface area (Å²) >= 11 is 0. The third-order valence-corrected chi connectivity index (χ3v) is 3.87. The fraction of sp³-hybridized carbons (Fsp3) is 0.278. The Morgan fingerprint density at radius 2 is 1.55 bits per heavy atom. The molecule has 0 spiro atoms. The average Bonchev–Trinajstić information content (AvgIpc) is 3.03. The van der Waals surface area contributed by atoms with Crippen LogP contribution >= 0.6 is 0 Å². The number of carbonyl (C=O) groups excluding carboxylic acids is 1. The van der Waals surface area contributed by atoms with Gasteiger partial charge in [0.05, 0.1) is 5.92 Å². The molecule has 1 saturated carbocycles. The number of esters is 1. The van der Waals surface area contributed by atoms with Gasteiger partial charge in [0.2, 0.25) is 0 Å². The lowest BCUT2D eigenvalue weighted by Crippen LogP contribution is -2.17. The summed E-state index contributed by atoms with van der Waals surface area (Å²) in [5.74, 6) is 0.667. The smallest absolute Gasteiger partial charge is 0.314 e. The molecule has 20 heavy (non-hydrogen) atoms. The van der Waals surface area contributed by atoms with Gasteiger partial charge in [-0.2, -0.15) is 0 Å². The van der Waals surface area contributed by atoms with E-state index in [1.165, 1.54) is 0 Å². The second kappa shape index (κ2) is 5.91. The van der Waals surface area contributed by atoms with Crippen LogP contribution in [0.15, 0.2) is 54.6 Å². The third-order valence-electron chi connectivity index (χ3n) is 3.87. The molecule has 1 aliphatic rings. The summed E-state index contributed by atoms with van der Waals surface area (Å²) in [6.07, 6.45) is 4.21. The first-order valence-corrected chi connectivity index (χ1v) is 7.21. The Morgan fingerprint density at radius 3 is 2.30 bits per heavy atom. The number of ether oxygens (including phenoxy) is 1.